The number of carbonyl (C=O) groups excluding carboxylic acids is 1. The molecule has 6 nitrogen and oxygen atoms in total. The molecule has 0 aliphatic carbocycles. The van der Waals surface area contributed by atoms with Crippen LogP contribution in [-0.2, 0) is 4.79 Å². The third-order valence-corrected chi connectivity index (χ3v) is 3.27. The van der Waals surface area contributed by atoms with Crippen LogP contribution in [0.25, 0.3) is 0 Å². The van der Waals surface area contributed by atoms with E-state index in [1.165, 1.54) is 6.92 Å². The quantitative estimate of drug-likeness (QED) is 0.742. The number of hydrogen-bond donors (Lipinski definition) is 2. The van der Waals surface area contributed by atoms with Gasteiger partial charge in [-0.1, -0.05) is 0 Å². The zero-order chi connectivity index (χ0) is 13.0. The number of aliphatic carboxylic acids is 1. The largest absolute Gasteiger partial charge is 0.480 e. The van der Waals surface area contributed by atoms with E-state index in [4.69, 9.17) is 5.11 Å². The molecule has 1 rings (SSSR count). The van der Waals surface area contributed by atoms with E-state index in [0.717, 1.165) is 25.9 Å². The van der Waals surface area contributed by atoms with Gasteiger partial charge in [0, 0.05) is 13.1 Å². The van der Waals surface area contributed by atoms with Crippen molar-refractivity contribution in [3.05, 3.63) is 0 Å². The first kappa shape index (κ1) is 13.8. The number of carboxylic acids is 1. The minimum atomic E-state index is -1.02. The molecule has 1 heterocycles. The van der Waals surface area contributed by atoms with Crippen LogP contribution >= 0.6 is 0 Å². The molecule has 17 heavy (non-hydrogen) atoms. The number of carboxylic acid groups (broad SMARTS) is 1. The lowest BCUT2D eigenvalue weighted by atomic mass is 10.0. The number of carbonyl (C=O) groups is 2. The van der Waals surface area contributed by atoms with E-state index in [9.17, 15) is 9.59 Å². The van der Waals surface area contributed by atoms with Gasteiger partial charge in [0.1, 0.15) is 6.04 Å². The topological polar surface area (TPSA) is 72.9 Å². The fourth-order valence-electron chi connectivity index (χ4n) is 1.90. The van der Waals surface area contributed by atoms with Gasteiger partial charge in [-0.2, -0.15) is 0 Å². The van der Waals surface area contributed by atoms with Gasteiger partial charge in [-0.3, -0.25) is 4.79 Å². The molecule has 1 unspecified atom stereocenters. The van der Waals surface area contributed by atoms with E-state index in [-0.39, 0.29) is 12.1 Å². The third-order valence-electron chi connectivity index (χ3n) is 3.27. The Balaban J connectivity index is 2.43. The average molecular weight is 243 g/mol. The molecule has 0 aromatic rings. The molecule has 6 heteroatoms. The average Bonchev–Trinajstić information content (AvgIpc) is 2.28. The molecule has 1 atom stereocenters. The van der Waals surface area contributed by atoms with Gasteiger partial charge in [-0.15, -0.1) is 0 Å². The van der Waals surface area contributed by atoms with Crippen LogP contribution in [0.2, 0.25) is 0 Å². The van der Waals surface area contributed by atoms with Gasteiger partial charge in [-0.25, -0.2) is 4.79 Å². The maximum Gasteiger partial charge on any atom is 0.325 e. The van der Waals surface area contributed by atoms with Crippen LogP contribution in [0.15, 0.2) is 0 Å². The van der Waals surface area contributed by atoms with Crippen molar-refractivity contribution >= 4 is 12.0 Å². The maximum atomic E-state index is 11.8. The summed E-state index contributed by atoms with van der Waals surface area (Å²) in [5, 5.41) is 11.2. The highest BCUT2D eigenvalue weighted by molar-refractivity contribution is 5.82. The number of amides is 2. The highest BCUT2D eigenvalue weighted by Crippen LogP contribution is 2.14. The first-order valence-corrected chi connectivity index (χ1v) is 5.86. The van der Waals surface area contributed by atoms with Crippen molar-refractivity contribution < 1.29 is 14.7 Å². The number of hydrogen-bond acceptors (Lipinski definition) is 3. The summed E-state index contributed by atoms with van der Waals surface area (Å²) in [5.74, 6) is -1.02. The van der Waals surface area contributed by atoms with Gasteiger partial charge < -0.3 is 20.2 Å². The van der Waals surface area contributed by atoms with Crippen molar-refractivity contribution in [2.45, 2.75) is 31.8 Å². The van der Waals surface area contributed by atoms with Crippen molar-refractivity contribution in [1.29, 1.82) is 0 Å². The zero-order valence-electron chi connectivity index (χ0n) is 10.6. The summed E-state index contributed by atoms with van der Waals surface area (Å²) in [4.78, 5) is 26.3. The minimum absolute atomic E-state index is 0.201. The first-order valence-electron chi connectivity index (χ1n) is 5.86. The van der Waals surface area contributed by atoms with Gasteiger partial charge in [0.25, 0.3) is 0 Å². The summed E-state index contributed by atoms with van der Waals surface area (Å²) in [6, 6.07) is -0.960. The molecule has 2 amide bonds. The molecular weight excluding hydrogens is 222 g/mol. The first-order chi connectivity index (χ1) is 7.91. The second kappa shape index (κ2) is 5.86. The van der Waals surface area contributed by atoms with Gasteiger partial charge in [0.2, 0.25) is 0 Å². The molecule has 2 N–H and O–H groups in total. The normalized spacial score (nSPS) is 19.7. The van der Waals surface area contributed by atoms with Gasteiger partial charge in [0.15, 0.2) is 0 Å². The number of rotatable bonds is 3. The summed E-state index contributed by atoms with van der Waals surface area (Å²) < 4.78 is 0. The van der Waals surface area contributed by atoms with E-state index in [2.05, 4.69) is 17.3 Å². The van der Waals surface area contributed by atoms with E-state index >= 15 is 0 Å². The van der Waals surface area contributed by atoms with Crippen LogP contribution in [0, 0.1) is 0 Å². The summed E-state index contributed by atoms with van der Waals surface area (Å²) in [5.41, 5.74) is 0. The Kier molecular flexibility index (Phi) is 4.74. The Morgan fingerprint density at radius 3 is 2.41 bits per heavy atom. The SMILES string of the molecule is CC(NC(=O)N(C)C1CCN(C)CC1)C(=O)O. The summed E-state index contributed by atoms with van der Waals surface area (Å²) in [7, 11) is 3.78. The number of urea groups is 1. The summed E-state index contributed by atoms with van der Waals surface area (Å²) in [6.45, 7) is 3.40. The van der Waals surface area contributed by atoms with E-state index in [0.29, 0.717) is 0 Å². The van der Waals surface area contributed by atoms with Crippen LogP contribution in [0.5, 0.6) is 0 Å². The van der Waals surface area contributed by atoms with Crippen LogP contribution in [0.1, 0.15) is 19.8 Å². The molecule has 0 saturated carbocycles. The lowest BCUT2D eigenvalue weighted by Gasteiger charge is -2.35. The van der Waals surface area contributed by atoms with Crippen molar-refractivity contribution in [2.75, 3.05) is 27.2 Å². The molecule has 1 aliphatic heterocycles. The predicted molar refractivity (Wildman–Crippen MR) is 63.9 cm³/mol. The van der Waals surface area contributed by atoms with E-state index in [1.54, 1.807) is 11.9 Å². The minimum Gasteiger partial charge on any atom is -0.480 e. The number of piperidine rings is 1. The third kappa shape index (κ3) is 3.89. The van der Waals surface area contributed by atoms with Crippen LogP contribution < -0.4 is 5.32 Å². The lowest BCUT2D eigenvalue weighted by molar-refractivity contribution is -0.138. The number of likely N-dealkylation sites (tertiary alicyclic amines) is 1. The van der Waals surface area contributed by atoms with Crippen molar-refractivity contribution in [3.63, 3.8) is 0 Å². The molecule has 98 valence electrons. The molecule has 0 spiro atoms. The molecule has 1 saturated heterocycles. The second-order valence-electron chi connectivity index (χ2n) is 4.65. The fraction of sp³-hybridized carbons (Fsp3) is 0.818. The zero-order valence-corrected chi connectivity index (χ0v) is 10.6. The lowest BCUT2D eigenvalue weighted by Crippen LogP contribution is -2.51. The number of nitrogens with one attached hydrogen (secondary N) is 1. The van der Waals surface area contributed by atoms with Crippen LogP contribution in [0.3, 0.4) is 0 Å². The monoisotopic (exact) mass is 243 g/mol. The van der Waals surface area contributed by atoms with Crippen molar-refractivity contribution in [1.82, 2.24) is 15.1 Å². The molecule has 0 aromatic carbocycles. The Hall–Kier alpha value is -1.30. The predicted octanol–water partition coefficient (Wildman–Crippen LogP) is 0.195. The molecule has 0 radical (unpaired) electrons. The van der Waals surface area contributed by atoms with Gasteiger partial charge in [0.05, 0.1) is 0 Å². The summed E-state index contributed by atoms with van der Waals surface area (Å²) in [6.07, 6.45) is 1.86. The van der Waals surface area contributed by atoms with E-state index in [1.807, 2.05) is 0 Å². The van der Waals surface area contributed by atoms with Crippen molar-refractivity contribution in [3.8, 4) is 0 Å². The number of nitrogens with zero attached hydrogens (tertiary/aromatic N) is 2. The fourth-order valence-corrected chi connectivity index (χ4v) is 1.90. The highest BCUT2D eigenvalue weighted by atomic mass is 16.4. The van der Waals surface area contributed by atoms with Crippen LogP contribution in [-0.4, -0.2) is 66.2 Å². The Morgan fingerprint density at radius 1 is 1.41 bits per heavy atom. The second-order valence-corrected chi connectivity index (χ2v) is 4.65. The molecule has 1 aliphatic rings. The highest BCUT2D eigenvalue weighted by Gasteiger charge is 2.25. The van der Waals surface area contributed by atoms with Crippen LogP contribution in [0.4, 0.5) is 4.79 Å². The van der Waals surface area contributed by atoms with Gasteiger partial charge >= 0.3 is 12.0 Å². The Bertz CT molecular complexity index is 288. The molecule has 1 fully saturated rings. The molecule has 0 aromatic heterocycles. The molecule has 0 bridgehead atoms. The molecular formula is C11H21N3O3. The van der Waals surface area contributed by atoms with Crippen molar-refractivity contribution in [2.24, 2.45) is 0 Å². The Morgan fingerprint density at radius 2 is 1.94 bits per heavy atom. The Labute approximate surface area is 102 Å². The standard InChI is InChI=1S/C11H21N3O3/c1-8(10(15)16)12-11(17)14(3)9-4-6-13(2)7-5-9/h8-9H,4-7H2,1-3H3,(H,12,17)(H,15,16). The summed E-state index contributed by atoms with van der Waals surface area (Å²) >= 11 is 0. The van der Waals surface area contributed by atoms with E-state index < -0.39 is 12.0 Å². The smallest absolute Gasteiger partial charge is 0.325 e. The maximum absolute atomic E-state index is 11.8. The van der Waals surface area contributed by atoms with Gasteiger partial charge in [-0.05, 0) is 39.9 Å².